The lowest BCUT2D eigenvalue weighted by molar-refractivity contribution is 0.120. The number of likely N-dealkylation sites (N-methyl/N-ethyl adjacent to an activating group) is 1. The van der Waals surface area contributed by atoms with Crippen LogP contribution in [0.25, 0.3) is 33.2 Å². The van der Waals surface area contributed by atoms with E-state index >= 15 is 0 Å². The maximum absolute atomic E-state index is 14.7. The van der Waals surface area contributed by atoms with Crippen molar-refractivity contribution in [2.75, 3.05) is 31.7 Å². The van der Waals surface area contributed by atoms with Crippen molar-refractivity contribution in [3.05, 3.63) is 54.6 Å². The summed E-state index contributed by atoms with van der Waals surface area (Å²) < 4.78 is 26.0. The highest BCUT2D eigenvalue weighted by atomic mass is 19.1. The highest BCUT2D eigenvalue weighted by Crippen LogP contribution is 2.39. The fourth-order valence-corrected chi connectivity index (χ4v) is 3.97. The summed E-state index contributed by atoms with van der Waals surface area (Å²) in [6.07, 6.45) is 1.08. The SMILES string of the molecule is C=CCN(C)c1cc(F)cc2c1[nH]c1nc(C)nc(-c3ccc(OCC(C)O)c(OCC#N)c3)c12. The number of aromatic amines is 1. The van der Waals surface area contributed by atoms with Gasteiger partial charge in [-0.2, -0.15) is 5.26 Å². The maximum atomic E-state index is 14.7. The molecule has 2 aromatic carbocycles. The molecule has 1 atom stereocenters. The van der Waals surface area contributed by atoms with Crippen LogP contribution in [0.15, 0.2) is 43.0 Å². The standard InChI is InChI=1S/C26H26FN5O3/c1-5-9-32(4)20-13-18(27)12-19-23-24(29-16(3)30-26(23)31-25(19)20)17-6-7-21(35-14-15(2)33)22(11-17)34-10-8-28/h5-7,11-13,15,33H,1,9-10,14H2,2-4H3,(H,29,30,31). The molecule has 0 aliphatic heterocycles. The minimum absolute atomic E-state index is 0.0713. The van der Waals surface area contributed by atoms with Gasteiger partial charge in [0, 0.05) is 24.5 Å². The molecule has 0 saturated carbocycles. The second-order valence-corrected chi connectivity index (χ2v) is 8.25. The zero-order valence-corrected chi connectivity index (χ0v) is 19.8. The van der Waals surface area contributed by atoms with E-state index in [2.05, 4.69) is 21.5 Å². The van der Waals surface area contributed by atoms with Crippen LogP contribution in [0.5, 0.6) is 11.5 Å². The summed E-state index contributed by atoms with van der Waals surface area (Å²) in [5.74, 6) is 0.891. The summed E-state index contributed by atoms with van der Waals surface area (Å²) in [5.41, 5.74) is 3.27. The average molecular weight is 476 g/mol. The first-order valence-electron chi connectivity index (χ1n) is 11.1. The number of halogens is 1. The van der Waals surface area contributed by atoms with Gasteiger partial charge in [0.15, 0.2) is 18.1 Å². The molecule has 2 N–H and O–H groups in total. The first kappa shape index (κ1) is 24.0. The van der Waals surface area contributed by atoms with Crippen LogP contribution in [0.1, 0.15) is 12.7 Å². The Balaban J connectivity index is 1.93. The molecular formula is C26H26FN5O3. The van der Waals surface area contributed by atoms with Gasteiger partial charge in [-0.05, 0) is 44.2 Å². The Bertz CT molecular complexity index is 1440. The lowest BCUT2D eigenvalue weighted by atomic mass is 10.0. The molecule has 0 radical (unpaired) electrons. The summed E-state index contributed by atoms with van der Waals surface area (Å²) in [6, 6.07) is 10.1. The van der Waals surface area contributed by atoms with E-state index in [1.54, 1.807) is 38.1 Å². The summed E-state index contributed by atoms with van der Waals surface area (Å²) in [4.78, 5) is 14.5. The number of hydrogen-bond acceptors (Lipinski definition) is 7. The molecule has 0 spiro atoms. The largest absolute Gasteiger partial charge is 0.487 e. The van der Waals surface area contributed by atoms with Gasteiger partial charge < -0.3 is 24.5 Å². The van der Waals surface area contributed by atoms with E-state index in [0.717, 1.165) is 5.52 Å². The number of nitriles is 1. The summed E-state index contributed by atoms with van der Waals surface area (Å²) in [7, 11) is 1.87. The van der Waals surface area contributed by atoms with E-state index in [1.807, 2.05) is 18.0 Å². The van der Waals surface area contributed by atoms with Crippen molar-refractivity contribution in [2.24, 2.45) is 0 Å². The number of aliphatic hydroxyl groups is 1. The molecule has 0 fully saturated rings. The molecule has 180 valence electrons. The van der Waals surface area contributed by atoms with Gasteiger partial charge in [0.25, 0.3) is 0 Å². The highest BCUT2D eigenvalue weighted by Gasteiger charge is 2.20. The number of aryl methyl sites for hydroxylation is 1. The van der Waals surface area contributed by atoms with Crippen molar-refractivity contribution in [3.63, 3.8) is 0 Å². The van der Waals surface area contributed by atoms with Crippen LogP contribution >= 0.6 is 0 Å². The van der Waals surface area contributed by atoms with Gasteiger partial charge in [0.05, 0.1) is 28.4 Å². The van der Waals surface area contributed by atoms with E-state index in [-0.39, 0.29) is 19.0 Å². The van der Waals surface area contributed by atoms with Crippen molar-refractivity contribution in [2.45, 2.75) is 20.0 Å². The van der Waals surface area contributed by atoms with Crippen molar-refractivity contribution >= 4 is 27.6 Å². The highest BCUT2D eigenvalue weighted by molar-refractivity contribution is 6.15. The number of rotatable bonds is 9. The third-order valence-corrected chi connectivity index (χ3v) is 5.42. The molecule has 4 aromatic rings. The van der Waals surface area contributed by atoms with Gasteiger partial charge in [-0.3, -0.25) is 0 Å². The fraction of sp³-hybridized carbons (Fsp3) is 0.269. The number of aliphatic hydroxyl groups excluding tert-OH is 1. The van der Waals surface area contributed by atoms with Crippen molar-refractivity contribution in [3.8, 4) is 28.8 Å². The summed E-state index contributed by atoms with van der Waals surface area (Å²) >= 11 is 0. The monoisotopic (exact) mass is 475 g/mol. The third kappa shape index (κ3) is 4.88. The Morgan fingerprint density at radius 2 is 2.06 bits per heavy atom. The maximum Gasteiger partial charge on any atom is 0.174 e. The number of nitrogens with zero attached hydrogens (tertiary/aromatic N) is 4. The van der Waals surface area contributed by atoms with Crippen LogP contribution in [0.2, 0.25) is 0 Å². The zero-order chi connectivity index (χ0) is 25.1. The second kappa shape index (κ2) is 9.99. The zero-order valence-electron chi connectivity index (χ0n) is 19.8. The van der Waals surface area contributed by atoms with Crippen molar-refractivity contribution in [1.82, 2.24) is 15.0 Å². The van der Waals surface area contributed by atoms with Crippen LogP contribution < -0.4 is 14.4 Å². The molecule has 0 amide bonds. The third-order valence-electron chi connectivity index (χ3n) is 5.42. The van der Waals surface area contributed by atoms with E-state index in [9.17, 15) is 9.50 Å². The fourth-order valence-electron chi connectivity index (χ4n) is 3.97. The van der Waals surface area contributed by atoms with E-state index in [1.165, 1.54) is 12.1 Å². The normalized spacial score (nSPS) is 11.9. The van der Waals surface area contributed by atoms with Crippen LogP contribution in [0.4, 0.5) is 10.1 Å². The first-order chi connectivity index (χ1) is 16.8. The molecule has 4 rings (SSSR count). The molecule has 35 heavy (non-hydrogen) atoms. The Morgan fingerprint density at radius 1 is 1.26 bits per heavy atom. The van der Waals surface area contributed by atoms with Crippen molar-refractivity contribution in [1.29, 1.82) is 5.26 Å². The average Bonchev–Trinajstić information content (AvgIpc) is 3.18. The van der Waals surface area contributed by atoms with Gasteiger partial charge in [-0.1, -0.05) is 6.08 Å². The number of benzene rings is 2. The number of nitrogens with one attached hydrogen (secondary N) is 1. The van der Waals surface area contributed by atoms with Gasteiger partial charge in [0.1, 0.15) is 30.0 Å². The number of anilines is 1. The number of hydrogen-bond donors (Lipinski definition) is 2. The quantitative estimate of drug-likeness (QED) is 0.343. The minimum atomic E-state index is -0.669. The first-order valence-corrected chi connectivity index (χ1v) is 11.1. The number of aromatic nitrogens is 3. The Morgan fingerprint density at radius 3 is 2.77 bits per heavy atom. The second-order valence-electron chi connectivity index (χ2n) is 8.25. The molecule has 2 aromatic heterocycles. The molecule has 0 bridgehead atoms. The molecule has 2 heterocycles. The van der Waals surface area contributed by atoms with E-state index < -0.39 is 6.10 Å². The molecule has 8 nitrogen and oxygen atoms in total. The molecule has 0 aliphatic carbocycles. The molecular weight excluding hydrogens is 449 g/mol. The van der Waals surface area contributed by atoms with Crippen LogP contribution in [-0.4, -0.2) is 53.0 Å². The van der Waals surface area contributed by atoms with Gasteiger partial charge in [0.2, 0.25) is 0 Å². The Kier molecular flexibility index (Phi) is 6.85. The van der Waals surface area contributed by atoms with Gasteiger partial charge in [-0.25, -0.2) is 14.4 Å². The van der Waals surface area contributed by atoms with Crippen molar-refractivity contribution < 1.29 is 19.0 Å². The Labute approximate surface area is 202 Å². The molecule has 9 heteroatoms. The predicted octanol–water partition coefficient (Wildman–Crippen LogP) is 4.51. The number of fused-ring (bicyclic) bond motifs is 3. The van der Waals surface area contributed by atoms with Gasteiger partial charge >= 0.3 is 0 Å². The topological polar surface area (TPSA) is 107 Å². The molecule has 0 saturated heterocycles. The predicted molar refractivity (Wildman–Crippen MR) is 133 cm³/mol. The lowest BCUT2D eigenvalue weighted by Gasteiger charge is -2.18. The molecule has 1 unspecified atom stereocenters. The lowest BCUT2D eigenvalue weighted by Crippen LogP contribution is -2.17. The Hall–Kier alpha value is -4.16. The molecule has 0 aliphatic rings. The van der Waals surface area contributed by atoms with E-state index in [0.29, 0.717) is 57.2 Å². The van der Waals surface area contributed by atoms with Crippen LogP contribution in [0.3, 0.4) is 0 Å². The van der Waals surface area contributed by atoms with Gasteiger partial charge in [-0.15, -0.1) is 6.58 Å². The van der Waals surface area contributed by atoms with Crippen LogP contribution in [-0.2, 0) is 0 Å². The number of ether oxygens (including phenoxy) is 2. The van der Waals surface area contributed by atoms with Crippen LogP contribution in [0, 0.1) is 24.1 Å². The minimum Gasteiger partial charge on any atom is -0.487 e. The summed E-state index contributed by atoms with van der Waals surface area (Å²) in [5, 5.41) is 19.9. The summed E-state index contributed by atoms with van der Waals surface area (Å²) in [6.45, 7) is 7.60. The smallest absolute Gasteiger partial charge is 0.174 e. The number of H-pyrrole nitrogens is 1. The van der Waals surface area contributed by atoms with E-state index in [4.69, 9.17) is 14.7 Å².